The molecule has 0 saturated carbocycles. The predicted molar refractivity (Wildman–Crippen MR) is 84.4 cm³/mol. The van der Waals surface area contributed by atoms with E-state index in [1.165, 1.54) is 19.5 Å². The van der Waals surface area contributed by atoms with Gasteiger partial charge in [0, 0.05) is 10.6 Å². The highest BCUT2D eigenvalue weighted by Gasteiger charge is 2.11. The van der Waals surface area contributed by atoms with Crippen LogP contribution in [0, 0.1) is 0 Å². The first-order valence-electron chi connectivity index (χ1n) is 5.58. The van der Waals surface area contributed by atoms with Crippen molar-refractivity contribution in [2.45, 2.75) is 0 Å². The fourth-order valence-corrected chi connectivity index (χ4v) is 2.50. The molecule has 1 amide bonds. The third-order valence-corrected chi connectivity index (χ3v) is 3.53. The number of hydrogen-bond donors (Lipinski definition) is 2. The molecule has 2 N–H and O–H groups in total. The summed E-state index contributed by atoms with van der Waals surface area (Å²) in [6.07, 6.45) is 2.86. The number of hydrazone groups is 1. The Hall–Kier alpha value is -1.57. The summed E-state index contributed by atoms with van der Waals surface area (Å²) in [6, 6.07) is 3.17. The molecule has 9 heteroatoms. The second-order valence-electron chi connectivity index (χ2n) is 3.80. The molecule has 0 fully saturated rings. The van der Waals surface area contributed by atoms with Crippen molar-refractivity contribution >= 4 is 51.3 Å². The molecule has 0 spiro atoms. The topological polar surface area (TPSA) is 79.4 Å². The van der Waals surface area contributed by atoms with E-state index in [4.69, 9.17) is 27.9 Å². The molecular weight excluding hydrogens is 383 g/mol. The zero-order chi connectivity index (χ0) is 15.4. The average Bonchev–Trinajstić information content (AvgIpc) is 2.84. The number of aromatic amines is 1. The SMILES string of the molecule is COc1c(Cl)cc(Cl)cc1/C=N\NC(=O)c1[nH]ncc1Br. The summed E-state index contributed by atoms with van der Waals surface area (Å²) < 4.78 is 5.70. The lowest BCUT2D eigenvalue weighted by Gasteiger charge is -2.07. The van der Waals surface area contributed by atoms with Gasteiger partial charge in [0.25, 0.3) is 5.91 Å². The van der Waals surface area contributed by atoms with Crippen molar-refractivity contribution in [1.82, 2.24) is 15.6 Å². The van der Waals surface area contributed by atoms with Crippen LogP contribution in [-0.2, 0) is 0 Å². The van der Waals surface area contributed by atoms with Gasteiger partial charge in [0.05, 0.1) is 29.0 Å². The largest absolute Gasteiger partial charge is 0.495 e. The highest BCUT2D eigenvalue weighted by atomic mass is 79.9. The number of ether oxygens (including phenoxy) is 1. The van der Waals surface area contributed by atoms with E-state index in [0.29, 0.717) is 25.8 Å². The second kappa shape index (κ2) is 6.93. The molecule has 0 atom stereocenters. The van der Waals surface area contributed by atoms with E-state index in [1.54, 1.807) is 12.1 Å². The van der Waals surface area contributed by atoms with Gasteiger partial charge in [-0.05, 0) is 28.1 Å². The molecule has 0 aliphatic rings. The summed E-state index contributed by atoms with van der Waals surface area (Å²) in [5, 5.41) is 10.9. The Bertz CT molecular complexity index is 703. The minimum Gasteiger partial charge on any atom is -0.495 e. The molecule has 6 nitrogen and oxygen atoms in total. The molecular formula is C12H9BrCl2N4O2. The zero-order valence-corrected chi connectivity index (χ0v) is 13.8. The number of H-pyrrole nitrogens is 1. The van der Waals surface area contributed by atoms with Crippen LogP contribution < -0.4 is 10.2 Å². The number of halogens is 3. The van der Waals surface area contributed by atoms with Gasteiger partial charge >= 0.3 is 0 Å². The van der Waals surface area contributed by atoms with E-state index in [0.717, 1.165) is 0 Å². The maximum Gasteiger partial charge on any atom is 0.290 e. The van der Waals surface area contributed by atoms with Crippen LogP contribution in [0.1, 0.15) is 16.1 Å². The number of carbonyl (C=O) groups excluding carboxylic acids is 1. The summed E-state index contributed by atoms with van der Waals surface area (Å²) in [5.41, 5.74) is 3.16. The molecule has 0 bridgehead atoms. The molecule has 21 heavy (non-hydrogen) atoms. The number of nitrogens with one attached hydrogen (secondary N) is 2. The highest BCUT2D eigenvalue weighted by Crippen LogP contribution is 2.31. The summed E-state index contributed by atoms with van der Waals surface area (Å²) >= 11 is 15.1. The third-order valence-electron chi connectivity index (χ3n) is 2.43. The summed E-state index contributed by atoms with van der Waals surface area (Å²) in [7, 11) is 1.48. The summed E-state index contributed by atoms with van der Waals surface area (Å²) in [4.78, 5) is 11.8. The standard InChI is InChI=1S/C12H9BrCl2N4O2/c1-21-11-6(2-7(14)3-9(11)15)4-16-19-12(20)10-8(13)5-17-18-10/h2-5H,1H3,(H,17,18)(H,19,20)/b16-4-. The third kappa shape index (κ3) is 3.75. The monoisotopic (exact) mass is 390 g/mol. The Morgan fingerprint density at radius 3 is 2.90 bits per heavy atom. The Labute approximate surface area is 138 Å². The lowest BCUT2D eigenvalue weighted by Crippen LogP contribution is -2.18. The fourth-order valence-electron chi connectivity index (χ4n) is 1.54. The maximum absolute atomic E-state index is 11.8. The van der Waals surface area contributed by atoms with Crippen LogP contribution in [0.5, 0.6) is 5.75 Å². The molecule has 0 aliphatic carbocycles. The van der Waals surface area contributed by atoms with Gasteiger partial charge in [-0.1, -0.05) is 23.2 Å². The van der Waals surface area contributed by atoms with Gasteiger partial charge < -0.3 is 4.74 Å². The first-order valence-corrected chi connectivity index (χ1v) is 7.13. The van der Waals surface area contributed by atoms with Crippen LogP contribution in [0.4, 0.5) is 0 Å². The van der Waals surface area contributed by atoms with Gasteiger partial charge in [-0.3, -0.25) is 9.89 Å². The molecule has 1 aromatic carbocycles. The van der Waals surface area contributed by atoms with E-state index in [9.17, 15) is 4.79 Å². The Balaban J connectivity index is 2.15. The van der Waals surface area contributed by atoms with Crippen LogP contribution in [0.25, 0.3) is 0 Å². The van der Waals surface area contributed by atoms with E-state index in [-0.39, 0.29) is 5.69 Å². The lowest BCUT2D eigenvalue weighted by atomic mass is 10.2. The number of nitrogens with zero attached hydrogens (tertiary/aromatic N) is 2. The molecule has 1 heterocycles. The molecule has 0 unspecified atom stereocenters. The maximum atomic E-state index is 11.8. The number of aromatic nitrogens is 2. The Morgan fingerprint density at radius 2 is 2.29 bits per heavy atom. The smallest absolute Gasteiger partial charge is 0.290 e. The van der Waals surface area contributed by atoms with Gasteiger partial charge in [0.15, 0.2) is 0 Å². The first-order chi connectivity index (χ1) is 10.0. The Morgan fingerprint density at radius 1 is 1.52 bits per heavy atom. The number of hydrogen-bond acceptors (Lipinski definition) is 4. The van der Waals surface area contributed by atoms with Gasteiger partial charge in [-0.2, -0.15) is 10.2 Å². The van der Waals surface area contributed by atoms with Crippen LogP contribution in [0.3, 0.4) is 0 Å². The van der Waals surface area contributed by atoms with Crippen molar-refractivity contribution in [3.8, 4) is 5.75 Å². The van der Waals surface area contributed by atoms with Crippen LogP contribution >= 0.6 is 39.1 Å². The number of methoxy groups -OCH3 is 1. The quantitative estimate of drug-likeness (QED) is 0.620. The number of benzene rings is 1. The molecule has 1 aromatic heterocycles. The van der Waals surface area contributed by atoms with Gasteiger partial charge in [0.1, 0.15) is 11.4 Å². The van der Waals surface area contributed by atoms with Crippen LogP contribution in [0.2, 0.25) is 10.0 Å². The molecule has 0 saturated heterocycles. The van der Waals surface area contributed by atoms with E-state index < -0.39 is 5.91 Å². The second-order valence-corrected chi connectivity index (χ2v) is 5.50. The van der Waals surface area contributed by atoms with Gasteiger partial charge in [-0.25, -0.2) is 5.43 Å². The van der Waals surface area contributed by atoms with Crippen LogP contribution in [-0.4, -0.2) is 29.4 Å². The van der Waals surface area contributed by atoms with Crippen molar-refractivity contribution in [2.24, 2.45) is 5.10 Å². The van der Waals surface area contributed by atoms with Gasteiger partial charge in [0.2, 0.25) is 0 Å². The average molecular weight is 392 g/mol. The van der Waals surface area contributed by atoms with Crippen molar-refractivity contribution in [3.05, 3.63) is 44.1 Å². The van der Waals surface area contributed by atoms with E-state index in [1.807, 2.05) is 0 Å². The minimum absolute atomic E-state index is 0.267. The minimum atomic E-state index is -0.442. The molecule has 0 aliphatic heterocycles. The van der Waals surface area contributed by atoms with Crippen molar-refractivity contribution in [3.63, 3.8) is 0 Å². The van der Waals surface area contributed by atoms with Crippen molar-refractivity contribution in [1.29, 1.82) is 0 Å². The zero-order valence-electron chi connectivity index (χ0n) is 10.7. The number of carbonyl (C=O) groups is 1. The van der Waals surface area contributed by atoms with Crippen molar-refractivity contribution < 1.29 is 9.53 Å². The molecule has 110 valence electrons. The summed E-state index contributed by atoms with van der Waals surface area (Å²) in [5.74, 6) is -0.0236. The highest BCUT2D eigenvalue weighted by molar-refractivity contribution is 9.10. The Kier molecular flexibility index (Phi) is 5.22. The normalized spacial score (nSPS) is 10.9. The molecule has 0 radical (unpaired) electrons. The number of amides is 1. The predicted octanol–water partition coefficient (Wildman–Crippen LogP) is 3.25. The molecule has 2 aromatic rings. The van der Waals surface area contributed by atoms with E-state index in [2.05, 4.69) is 36.7 Å². The number of rotatable bonds is 4. The lowest BCUT2D eigenvalue weighted by molar-refractivity contribution is 0.0949. The molecule has 2 rings (SSSR count). The van der Waals surface area contributed by atoms with Crippen LogP contribution in [0.15, 0.2) is 27.9 Å². The van der Waals surface area contributed by atoms with Crippen molar-refractivity contribution in [2.75, 3.05) is 7.11 Å². The van der Waals surface area contributed by atoms with Gasteiger partial charge in [-0.15, -0.1) is 0 Å². The summed E-state index contributed by atoms with van der Waals surface area (Å²) in [6.45, 7) is 0. The van der Waals surface area contributed by atoms with E-state index >= 15 is 0 Å². The first kappa shape index (κ1) is 15.8. The fraction of sp³-hybridized carbons (Fsp3) is 0.0833.